The lowest BCUT2D eigenvalue weighted by Gasteiger charge is -2.56. The monoisotopic (exact) mass is 510 g/mol. The van der Waals surface area contributed by atoms with Crippen LogP contribution in [0.25, 0.3) is 0 Å². The Kier molecular flexibility index (Phi) is 5.84. The van der Waals surface area contributed by atoms with E-state index < -0.39 is 47.5 Å². The summed E-state index contributed by atoms with van der Waals surface area (Å²) >= 11 is 0. The zero-order valence-electron chi connectivity index (χ0n) is 20.3. The minimum Gasteiger partial charge on any atom is -0.389 e. The molecule has 1 aromatic carbocycles. The summed E-state index contributed by atoms with van der Waals surface area (Å²) in [7, 11) is 0. The van der Waals surface area contributed by atoms with Crippen molar-refractivity contribution in [3.05, 3.63) is 58.2 Å². The standard InChI is InChI=1S/C28H31F5O3/c1-15(34)16-3-5-17(6-4-16)22-14-25(2)23(11-12-26(25,36)27(29,30)28(31,32)33)21-9-7-18-13-19(35)8-10-20(18)24(21)22/h3-6,13,15,21-23,34,36H,7-12,14H2,1-2H3/t15-,21-,22+,23-,25-,26-/m0/s1. The molecule has 0 amide bonds. The lowest BCUT2D eigenvalue weighted by molar-refractivity contribution is -0.362. The van der Waals surface area contributed by atoms with Gasteiger partial charge in [-0.3, -0.25) is 4.79 Å². The molecule has 36 heavy (non-hydrogen) atoms. The van der Waals surface area contributed by atoms with Gasteiger partial charge in [0.1, 0.15) is 5.60 Å². The van der Waals surface area contributed by atoms with Crippen LogP contribution in [0.2, 0.25) is 0 Å². The SMILES string of the molecule is C[C@H](O)c1ccc([C@H]2C[C@@]3(C)[C@@H](CC[C@@]3(O)C(F)(F)C(F)(F)F)[C@@H]3CCC4=CC(=O)CCC4=C32)cc1. The van der Waals surface area contributed by atoms with E-state index in [2.05, 4.69) is 0 Å². The van der Waals surface area contributed by atoms with Crippen LogP contribution in [0.4, 0.5) is 22.0 Å². The summed E-state index contributed by atoms with van der Waals surface area (Å²) in [6.45, 7) is 3.04. The van der Waals surface area contributed by atoms with E-state index in [1.807, 2.05) is 0 Å². The maximum atomic E-state index is 15.0. The van der Waals surface area contributed by atoms with E-state index in [1.54, 1.807) is 37.3 Å². The van der Waals surface area contributed by atoms with Gasteiger partial charge in [-0.15, -0.1) is 0 Å². The third-order valence-electron chi connectivity index (χ3n) is 9.58. The van der Waals surface area contributed by atoms with Crippen molar-refractivity contribution in [3.63, 3.8) is 0 Å². The molecule has 0 unspecified atom stereocenters. The lowest BCUT2D eigenvalue weighted by atomic mass is 9.50. The number of ketones is 1. The molecule has 8 heteroatoms. The first kappa shape index (κ1) is 25.6. The Morgan fingerprint density at radius 2 is 1.69 bits per heavy atom. The number of allylic oxidation sites excluding steroid dienone is 4. The van der Waals surface area contributed by atoms with Crippen LogP contribution in [0.3, 0.4) is 0 Å². The van der Waals surface area contributed by atoms with Gasteiger partial charge in [-0.05, 0) is 85.6 Å². The molecule has 5 rings (SSSR count). The second-order valence-electron chi connectivity index (χ2n) is 11.3. The predicted octanol–water partition coefficient (Wildman–Crippen LogP) is 6.57. The highest BCUT2D eigenvalue weighted by Crippen LogP contribution is 2.70. The molecule has 4 aliphatic carbocycles. The molecular weight excluding hydrogens is 479 g/mol. The summed E-state index contributed by atoms with van der Waals surface area (Å²) in [5.41, 5.74) is -0.436. The molecule has 1 aromatic rings. The van der Waals surface area contributed by atoms with E-state index in [9.17, 15) is 37.0 Å². The topological polar surface area (TPSA) is 57.5 Å². The molecule has 4 aliphatic rings. The average Bonchev–Trinajstić information content (AvgIpc) is 3.09. The highest BCUT2D eigenvalue weighted by atomic mass is 19.4. The van der Waals surface area contributed by atoms with Gasteiger partial charge in [-0.2, -0.15) is 22.0 Å². The van der Waals surface area contributed by atoms with Crippen molar-refractivity contribution in [2.24, 2.45) is 17.3 Å². The van der Waals surface area contributed by atoms with Crippen LogP contribution in [0.15, 0.2) is 47.1 Å². The molecule has 0 saturated heterocycles. The molecule has 2 N–H and O–H groups in total. The summed E-state index contributed by atoms with van der Waals surface area (Å²) in [5, 5.41) is 21.2. The Morgan fingerprint density at radius 1 is 1.03 bits per heavy atom. The van der Waals surface area contributed by atoms with Crippen LogP contribution in [0, 0.1) is 17.3 Å². The van der Waals surface area contributed by atoms with Gasteiger partial charge in [0.05, 0.1) is 6.10 Å². The molecule has 196 valence electrons. The number of halogens is 5. The Labute approximate surface area is 207 Å². The van der Waals surface area contributed by atoms with Crippen molar-refractivity contribution in [2.45, 2.75) is 88.5 Å². The Hall–Kier alpha value is -2.06. The number of aliphatic hydroxyl groups is 2. The van der Waals surface area contributed by atoms with E-state index >= 15 is 0 Å². The number of benzene rings is 1. The fraction of sp³-hybridized carbons (Fsp3) is 0.607. The molecule has 0 aliphatic heterocycles. The van der Waals surface area contributed by atoms with Gasteiger partial charge >= 0.3 is 12.1 Å². The number of fused-ring (bicyclic) bond motifs is 4. The van der Waals surface area contributed by atoms with Gasteiger partial charge in [0, 0.05) is 17.8 Å². The number of rotatable bonds is 3. The first-order valence-corrected chi connectivity index (χ1v) is 12.6. The van der Waals surface area contributed by atoms with E-state index in [1.165, 1.54) is 6.92 Å². The highest BCUT2D eigenvalue weighted by molar-refractivity contribution is 5.93. The smallest absolute Gasteiger partial charge is 0.389 e. The maximum absolute atomic E-state index is 15.0. The molecule has 0 spiro atoms. The summed E-state index contributed by atoms with van der Waals surface area (Å²) < 4.78 is 70.8. The zero-order chi connectivity index (χ0) is 26.3. The molecule has 0 radical (unpaired) electrons. The molecule has 0 heterocycles. The van der Waals surface area contributed by atoms with E-state index in [0.717, 1.165) is 22.3 Å². The lowest BCUT2D eigenvalue weighted by Crippen LogP contribution is -2.65. The van der Waals surface area contributed by atoms with Crippen molar-refractivity contribution in [1.82, 2.24) is 0 Å². The van der Waals surface area contributed by atoms with Crippen LogP contribution in [-0.4, -0.2) is 33.7 Å². The minimum absolute atomic E-state index is 0.0475. The first-order valence-electron chi connectivity index (χ1n) is 12.6. The van der Waals surface area contributed by atoms with Gasteiger partial charge in [-0.1, -0.05) is 36.8 Å². The second kappa shape index (κ2) is 8.22. The third-order valence-corrected chi connectivity index (χ3v) is 9.58. The fourth-order valence-corrected chi connectivity index (χ4v) is 7.72. The van der Waals surface area contributed by atoms with Crippen LogP contribution < -0.4 is 0 Å². The quantitative estimate of drug-likeness (QED) is 0.453. The second-order valence-corrected chi connectivity index (χ2v) is 11.3. The fourth-order valence-electron chi connectivity index (χ4n) is 7.72. The minimum atomic E-state index is -5.86. The van der Waals surface area contributed by atoms with Crippen LogP contribution in [0.1, 0.15) is 81.9 Å². The highest BCUT2D eigenvalue weighted by Gasteiger charge is 2.79. The molecule has 2 saturated carbocycles. The number of alkyl halides is 5. The van der Waals surface area contributed by atoms with Crippen molar-refractivity contribution >= 4 is 5.78 Å². The van der Waals surface area contributed by atoms with E-state index in [-0.39, 0.29) is 24.5 Å². The Bertz CT molecular complexity index is 1130. The maximum Gasteiger partial charge on any atom is 0.456 e. The molecule has 2 fully saturated rings. The normalized spacial score (nSPS) is 35.6. The third kappa shape index (κ3) is 3.46. The largest absolute Gasteiger partial charge is 0.456 e. The van der Waals surface area contributed by atoms with Crippen LogP contribution >= 0.6 is 0 Å². The summed E-state index contributed by atoms with van der Waals surface area (Å²) in [4.78, 5) is 12.1. The van der Waals surface area contributed by atoms with Gasteiger partial charge in [0.25, 0.3) is 0 Å². The zero-order valence-corrected chi connectivity index (χ0v) is 20.3. The van der Waals surface area contributed by atoms with Crippen molar-refractivity contribution in [2.75, 3.05) is 0 Å². The van der Waals surface area contributed by atoms with Gasteiger partial charge in [0.2, 0.25) is 0 Å². The van der Waals surface area contributed by atoms with Crippen molar-refractivity contribution < 1.29 is 37.0 Å². The molecule has 0 bridgehead atoms. The molecule has 3 nitrogen and oxygen atoms in total. The number of hydrogen-bond donors (Lipinski definition) is 2. The molecule has 0 aromatic heterocycles. The van der Waals surface area contributed by atoms with Crippen LogP contribution in [0.5, 0.6) is 0 Å². The van der Waals surface area contributed by atoms with Gasteiger partial charge in [-0.25, -0.2) is 0 Å². The Balaban J connectivity index is 1.68. The van der Waals surface area contributed by atoms with Crippen LogP contribution in [-0.2, 0) is 4.79 Å². The average molecular weight is 511 g/mol. The summed E-state index contributed by atoms with van der Waals surface area (Å²) in [6.07, 6.45) is -3.49. The van der Waals surface area contributed by atoms with Crippen molar-refractivity contribution in [1.29, 1.82) is 0 Å². The number of carbonyl (C=O) groups is 1. The van der Waals surface area contributed by atoms with Gasteiger partial charge in [0.15, 0.2) is 5.78 Å². The summed E-state index contributed by atoms with van der Waals surface area (Å²) in [5.74, 6) is -6.44. The number of aliphatic hydroxyl groups excluding tert-OH is 1. The number of carbonyl (C=O) groups excluding carboxylic acids is 1. The van der Waals surface area contributed by atoms with E-state index in [0.29, 0.717) is 31.2 Å². The van der Waals surface area contributed by atoms with Gasteiger partial charge < -0.3 is 10.2 Å². The predicted molar refractivity (Wildman–Crippen MR) is 123 cm³/mol. The number of hydrogen-bond acceptors (Lipinski definition) is 3. The molecular formula is C28H31F5O3. The molecule has 6 atom stereocenters. The van der Waals surface area contributed by atoms with Crippen molar-refractivity contribution in [3.8, 4) is 0 Å². The Morgan fingerprint density at radius 3 is 2.31 bits per heavy atom. The first-order chi connectivity index (χ1) is 16.7. The van der Waals surface area contributed by atoms with E-state index in [4.69, 9.17) is 0 Å². The summed E-state index contributed by atoms with van der Waals surface area (Å²) in [6, 6.07) is 7.07.